The first-order chi connectivity index (χ1) is 13.0. The number of rotatable bonds is 4. The maximum atomic E-state index is 13.2. The monoisotopic (exact) mass is 371 g/mol. The van der Waals surface area contributed by atoms with Gasteiger partial charge >= 0.3 is 5.97 Å². The van der Waals surface area contributed by atoms with Crippen molar-refractivity contribution < 1.29 is 23.5 Å². The molecule has 142 valence electrons. The van der Waals surface area contributed by atoms with Gasteiger partial charge in [-0.25, -0.2) is 9.18 Å². The number of ether oxygens (including phenoxy) is 2. The highest BCUT2D eigenvalue weighted by Crippen LogP contribution is 2.35. The van der Waals surface area contributed by atoms with Crippen LogP contribution in [0.5, 0.6) is 0 Å². The van der Waals surface area contributed by atoms with E-state index in [0.29, 0.717) is 36.3 Å². The van der Waals surface area contributed by atoms with E-state index >= 15 is 0 Å². The smallest absolute Gasteiger partial charge is 0.355 e. The number of hydrogen-bond acceptors (Lipinski definition) is 4. The highest BCUT2D eigenvalue weighted by atomic mass is 19.1. The maximum absolute atomic E-state index is 13.2. The summed E-state index contributed by atoms with van der Waals surface area (Å²) in [5, 5.41) is 0. The number of Topliss-reactive ketones (excluding diaryl/α,β-unsaturated/α-hetero) is 1. The van der Waals surface area contributed by atoms with E-state index in [0.717, 1.165) is 24.1 Å². The van der Waals surface area contributed by atoms with Crippen molar-refractivity contribution in [3.63, 3.8) is 0 Å². The van der Waals surface area contributed by atoms with Crippen LogP contribution in [0.1, 0.15) is 62.8 Å². The predicted octanol–water partition coefficient (Wildman–Crippen LogP) is 3.71. The second-order valence-electron chi connectivity index (χ2n) is 7.29. The summed E-state index contributed by atoms with van der Waals surface area (Å²) in [5.41, 5.74) is 3.25. The zero-order valence-electron chi connectivity index (χ0n) is 15.2. The largest absolute Gasteiger partial charge is 0.458 e. The fourth-order valence-corrected chi connectivity index (χ4v) is 4.02. The molecule has 0 unspecified atom stereocenters. The van der Waals surface area contributed by atoms with Crippen LogP contribution in [0.2, 0.25) is 0 Å². The predicted molar refractivity (Wildman–Crippen MR) is 96.6 cm³/mol. The number of aromatic amines is 1. The molecule has 0 saturated carbocycles. The Bertz CT molecular complexity index is 865. The molecule has 0 amide bonds. The fraction of sp³-hybridized carbons (Fsp3) is 0.429. The number of fused-ring (bicyclic) bond motifs is 1. The van der Waals surface area contributed by atoms with Crippen LogP contribution in [0.15, 0.2) is 24.3 Å². The molecule has 2 aromatic rings. The highest BCUT2D eigenvalue weighted by molar-refractivity contribution is 6.03. The summed E-state index contributed by atoms with van der Waals surface area (Å²) in [6.45, 7) is 2.71. The van der Waals surface area contributed by atoms with Crippen LogP contribution in [0.25, 0.3) is 0 Å². The zero-order chi connectivity index (χ0) is 19.0. The Balaban J connectivity index is 1.52. The number of ketones is 1. The minimum atomic E-state index is -0.455. The molecule has 6 heteroatoms. The van der Waals surface area contributed by atoms with Crippen molar-refractivity contribution >= 4 is 11.8 Å². The molecule has 1 aliphatic heterocycles. The average Bonchev–Trinajstić information content (AvgIpc) is 3.28. The lowest BCUT2D eigenvalue weighted by Crippen LogP contribution is -2.18. The van der Waals surface area contributed by atoms with E-state index in [9.17, 15) is 14.0 Å². The number of carbonyl (C=O) groups excluding carboxylic acids is 2. The first-order valence-corrected chi connectivity index (χ1v) is 9.31. The van der Waals surface area contributed by atoms with Gasteiger partial charge in [0.05, 0.1) is 6.10 Å². The van der Waals surface area contributed by atoms with Crippen LogP contribution in [-0.4, -0.2) is 36.1 Å². The van der Waals surface area contributed by atoms with Gasteiger partial charge in [-0.05, 0) is 55.4 Å². The second-order valence-corrected chi connectivity index (χ2v) is 7.29. The summed E-state index contributed by atoms with van der Waals surface area (Å²) in [6, 6.07) is 6.24. The third-order valence-corrected chi connectivity index (χ3v) is 5.46. The number of nitrogens with one attached hydrogen (secondary N) is 1. The molecule has 27 heavy (non-hydrogen) atoms. The third kappa shape index (κ3) is 3.54. The molecule has 1 fully saturated rings. The first-order valence-electron chi connectivity index (χ1n) is 9.31. The summed E-state index contributed by atoms with van der Waals surface area (Å²) < 4.78 is 24.0. The number of esters is 1. The molecule has 0 bridgehead atoms. The van der Waals surface area contributed by atoms with E-state index in [4.69, 9.17) is 9.47 Å². The third-order valence-electron chi connectivity index (χ3n) is 5.46. The van der Waals surface area contributed by atoms with Crippen molar-refractivity contribution in [2.24, 2.45) is 0 Å². The Morgan fingerprint density at radius 2 is 2.07 bits per heavy atom. The average molecular weight is 371 g/mol. The minimum Gasteiger partial charge on any atom is -0.458 e. The summed E-state index contributed by atoms with van der Waals surface area (Å²) >= 11 is 0. The Labute approximate surface area is 156 Å². The molecule has 1 aliphatic carbocycles. The van der Waals surface area contributed by atoms with Gasteiger partial charge in [-0.15, -0.1) is 0 Å². The van der Waals surface area contributed by atoms with Crippen LogP contribution in [0.3, 0.4) is 0 Å². The van der Waals surface area contributed by atoms with Crippen molar-refractivity contribution in [2.75, 3.05) is 13.2 Å². The van der Waals surface area contributed by atoms with Crippen molar-refractivity contribution in [3.05, 3.63) is 58.2 Å². The van der Waals surface area contributed by atoms with Gasteiger partial charge in [0.2, 0.25) is 0 Å². The van der Waals surface area contributed by atoms with Crippen molar-refractivity contribution in [1.82, 2.24) is 4.98 Å². The molecule has 0 radical (unpaired) electrons. The highest BCUT2D eigenvalue weighted by Gasteiger charge is 2.32. The molecule has 2 atom stereocenters. The Kier molecular flexibility index (Phi) is 4.83. The number of aromatic nitrogens is 1. The summed E-state index contributed by atoms with van der Waals surface area (Å²) in [6.07, 6.45) is 2.79. The molecular formula is C21H22FNO4. The quantitative estimate of drug-likeness (QED) is 0.832. The van der Waals surface area contributed by atoms with Crippen molar-refractivity contribution in [3.8, 4) is 0 Å². The van der Waals surface area contributed by atoms with Crippen molar-refractivity contribution in [1.29, 1.82) is 0 Å². The van der Waals surface area contributed by atoms with Gasteiger partial charge in [0, 0.05) is 24.3 Å². The summed E-state index contributed by atoms with van der Waals surface area (Å²) in [7, 11) is 0. The van der Waals surface area contributed by atoms with E-state index in [2.05, 4.69) is 4.98 Å². The minimum absolute atomic E-state index is 0.00231. The zero-order valence-corrected chi connectivity index (χ0v) is 15.2. The van der Waals surface area contributed by atoms with E-state index in [-0.39, 0.29) is 30.2 Å². The van der Waals surface area contributed by atoms with Gasteiger partial charge in [-0.3, -0.25) is 4.79 Å². The Morgan fingerprint density at radius 3 is 2.78 bits per heavy atom. The number of hydrogen-bond donors (Lipinski definition) is 1. The first kappa shape index (κ1) is 17.9. The van der Waals surface area contributed by atoms with Crippen LogP contribution < -0.4 is 0 Å². The number of H-pyrrole nitrogens is 1. The molecular weight excluding hydrogens is 349 g/mol. The van der Waals surface area contributed by atoms with Crippen LogP contribution >= 0.6 is 0 Å². The lowest BCUT2D eigenvalue weighted by atomic mass is 9.81. The van der Waals surface area contributed by atoms with Gasteiger partial charge in [-0.1, -0.05) is 12.1 Å². The summed E-state index contributed by atoms with van der Waals surface area (Å²) in [5.74, 6) is -0.783. The molecule has 0 spiro atoms. The number of benzene rings is 1. The number of halogens is 1. The standard InChI is InChI=1S/C21H22FNO4/c1-12-19-17(23-20(12)21(25)27-11-16-3-2-8-26-16)9-14(10-18(19)24)13-4-6-15(22)7-5-13/h4-7,14,16,23H,2-3,8-11H2,1H3/t14-,16-/m1/s1. The molecule has 1 aromatic heterocycles. The Hall–Kier alpha value is -2.47. The molecule has 5 nitrogen and oxygen atoms in total. The molecule has 4 rings (SSSR count). The van der Waals surface area contributed by atoms with E-state index in [1.54, 1.807) is 19.1 Å². The van der Waals surface area contributed by atoms with Gasteiger partial charge in [0.15, 0.2) is 5.78 Å². The van der Waals surface area contributed by atoms with E-state index in [1.165, 1.54) is 12.1 Å². The SMILES string of the molecule is Cc1c(C(=O)OC[C@H]2CCCO2)[nH]c2c1C(=O)C[C@H](c1ccc(F)cc1)C2. The number of carbonyl (C=O) groups is 2. The Morgan fingerprint density at radius 1 is 1.30 bits per heavy atom. The van der Waals surface area contributed by atoms with Gasteiger partial charge < -0.3 is 14.5 Å². The van der Waals surface area contributed by atoms with E-state index < -0.39 is 5.97 Å². The van der Waals surface area contributed by atoms with E-state index in [1.807, 2.05) is 0 Å². The van der Waals surface area contributed by atoms with Gasteiger partial charge in [-0.2, -0.15) is 0 Å². The lowest BCUT2D eigenvalue weighted by molar-refractivity contribution is 0.0156. The topological polar surface area (TPSA) is 68.4 Å². The van der Waals surface area contributed by atoms with Gasteiger partial charge in [0.25, 0.3) is 0 Å². The molecule has 2 aliphatic rings. The lowest BCUT2D eigenvalue weighted by Gasteiger charge is -2.22. The van der Waals surface area contributed by atoms with Crippen molar-refractivity contribution in [2.45, 2.75) is 44.6 Å². The fourth-order valence-electron chi connectivity index (χ4n) is 4.02. The molecule has 1 saturated heterocycles. The molecule has 1 aromatic carbocycles. The van der Waals surface area contributed by atoms with Gasteiger partial charge in [0.1, 0.15) is 18.1 Å². The van der Waals surface area contributed by atoms with Crippen LogP contribution in [0, 0.1) is 12.7 Å². The van der Waals surface area contributed by atoms with Crippen LogP contribution in [0.4, 0.5) is 4.39 Å². The maximum Gasteiger partial charge on any atom is 0.355 e. The second kappa shape index (κ2) is 7.27. The normalized spacial score (nSPS) is 21.9. The summed E-state index contributed by atoms with van der Waals surface area (Å²) in [4.78, 5) is 28.3. The van der Waals surface area contributed by atoms with Crippen LogP contribution in [-0.2, 0) is 15.9 Å². The molecule has 1 N–H and O–H groups in total. The molecule has 2 heterocycles.